The van der Waals surface area contributed by atoms with Crippen LogP contribution >= 0.6 is 0 Å². The molecule has 2 aromatic carbocycles. The van der Waals surface area contributed by atoms with Gasteiger partial charge in [0.25, 0.3) is 5.91 Å². The van der Waals surface area contributed by atoms with Gasteiger partial charge in [-0.3, -0.25) is 19.4 Å². The summed E-state index contributed by atoms with van der Waals surface area (Å²) in [4.78, 5) is 44.8. The molecule has 0 aliphatic carbocycles. The quantitative estimate of drug-likeness (QED) is 0.569. The second-order valence-electron chi connectivity index (χ2n) is 8.62. The van der Waals surface area contributed by atoms with Crippen LogP contribution in [0.4, 0.5) is 0 Å². The number of benzene rings is 2. The molecule has 8 nitrogen and oxygen atoms in total. The number of Topliss-reactive ketones (excluding diaryl/α,β-unsaturated/α-hetero) is 1. The Morgan fingerprint density at radius 3 is 2.71 bits per heavy atom. The van der Waals surface area contributed by atoms with E-state index in [-0.39, 0.29) is 30.8 Å². The first-order valence-electron chi connectivity index (χ1n) is 11.6. The van der Waals surface area contributed by atoms with Gasteiger partial charge < -0.3 is 19.7 Å². The number of amides is 2. The lowest BCUT2D eigenvalue weighted by Crippen LogP contribution is -2.53. The van der Waals surface area contributed by atoms with Gasteiger partial charge >= 0.3 is 0 Å². The van der Waals surface area contributed by atoms with Crippen molar-refractivity contribution in [2.75, 3.05) is 13.2 Å². The van der Waals surface area contributed by atoms with Crippen LogP contribution in [0.2, 0.25) is 0 Å². The molecule has 0 saturated carbocycles. The van der Waals surface area contributed by atoms with Crippen LogP contribution in [0.25, 0.3) is 0 Å². The fourth-order valence-corrected chi connectivity index (χ4v) is 4.56. The second-order valence-corrected chi connectivity index (χ2v) is 8.62. The second kappa shape index (κ2) is 10.1. The molecule has 0 spiro atoms. The standard InChI is InChI=1S/C27H25N3O5/c31-23-17-34-24-11-13-30(25(23)24)27(33)22(14-18-6-5-12-28-16-18)29-26(32)19-7-4-10-21(15-19)35-20-8-2-1-3-9-20/h1-10,12,15-16,22,24-25H,11,13-14,17H2,(H,29,32). The van der Waals surface area contributed by atoms with Gasteiger partial charge in [-0.1, -0.05) is 30.3 Å². The van der Waals surface area contributed by atoms with Gasteiger partial charge in [0, 0.05) is 30.9 Å². The predicted octanol–water partition coefficient (Wildman–Crippen LogP) is 2.78. The van der Waals surface area contributed by atoms with Crippen molar-refractivity contribution in [1.82, 2.24) is 15.2 Å². The van der Waals surface area contributed by atoms with E-state index in [9.17, 15) is 14.4 Å². The number of carbonyl (C=O) groups is 3. The van der Waals surface area contributed by atoms with Crippen molar-refractivity contribution in [1.29, 1.82) is 0 Å². The van der Waals surface area contributed by atoms with E-state index in [2.05, 4.69) is 10.3 Å². The van der Waals surface area contributed by atoms with Crippen LogP contribution in [-0.4, -0.2) is 58.8 Å². The molecule has 0 radical (unpaired) electrons. The summed E-state index contributed by atoms with van der Waals surface area (Å²) < 4.78 is 11.4. The van der Waals surface area contributed by atoms with Crippen molar-refractivity contribution >= 4 is 17.6 Å². The Morgan fingerprint density at radius 1 is 1.09 bits per heavy atom. The Morgan fingerprint density at radius 2 is 1.91 bits per heavy atom. The number of nitrogens with one attached hydrogen (secondary N) is 1. The van der Waals surface area contributed by atoms with Crippen LogP contribution in [0, 0.1) is 0 Å². The monoisotopic (exact) mass is 471 g/mol. The first-order valence-corrected chi connectivity index (χ1v) is 11.6. The number of fused-ring (bicyclic) bond motifs is 1. The van der Waals surface area contributed by atoms with E-state index in [1.54, 1.807) is 47.6 Å². The highest BCUT2D eigenvalue weighted by Gasteiger charge is 2.48. The number of rotatable bonds is 7. The average molecular weight is 472 g/mol. The topological polar surface area (TPSA) is 97.8 Å². The summed E-state index contributed by atoms with van der Waals surface area (Å²) in [5.41, 5.74) is 1.17. The Bertz CT molecular complexity index is 1220. The lowest BCUT2D eigenvalue weighted by Gasteiger charge is -2.27. The molecule has 3 heterocycles. The summed E-state index contributed by atoms with van der Waals surface area (Å²) in [6.07, 6.45) is 3.90. The summed E-state index contributed by atoms with van der Waals surface area (Å²) in [6, 6.07) is 18.2. The molecule has 5 rings (SSSR count). The Balaban J connectivity index is 1.35. The van der Waals surface area contributed by atoms with Crippen LogP contribution in [0.3, 0.4) is 0 Å². The molecule has 2 fully saturated rings. The molecule has 8 heteroatoms. The van der Waals surface area contributed by atoms with Crippen molar-refractivity contribution in [2.24, 2.45) is 0 Å². The summed E-state index contributed by atoms with van der Waals surface area (Å²) in [5, 5.41) is 2.88. The number of likely N-dealkylation sites (tertiary alicyclic amines) is 1. The van der Waals surface area contributed by atoms with Crippen LogP contribution in [0.5, 0.6) is 11.5 Å². The van der Waals surface area contributed by atoms with Crippen molar-refractivity contribution in [3.8, 4) is 11.5 Å². The van der Waals surface area contributed by atoms with E-state index in [0.717, 1.165) is 5.56 Å². The molecule has 1 aromatic heterocycles. The minimum absolute atomic E-state index is 0.0208. The number of ether oxygens (including phenoxy) is 2. The minimum atomic E-state index is -0.863. The van der Waals surface area contributed by atoms with Crippen molar-refractivity contribution in [2.45, 2.75) is 31.0 Å². The molecule has 2 saturated heterocycles. The molecule has 1 N–H and O–H groups in total. The first-order chi connectivity index (χ1) is 17.1. The third-order valence-electron chi connectivity index (χ3n) is 6.24. The van der Waals surface area contributed by atoms with E-state index in [4.69, 9.17) is 9.47 Å². The molecule has 2 amide bonds. The van der Waals surface area contributed by atoms with Crippen LogP contribution in [-0.2, 0) is 20.7 Å². The van der Waals surface area contributed by atoms with Gasteiger partial charge in [0.2, 0.25) is 5.91 Å². The van der Waals surface area contributed by atoms with E-state index in [0.29, 0.717) is 30.0 Å². The van der Waals surface area contributed by atoms with E-state index < -0.39 is 18.0 Å². The fraction of sp³-hybridized carbons (Fsp3) is 0.259. The molecule has 3 aromatic rings. The Labute approximate surface area is 202 Å². The van der Waals surface area contributed by atoms with Crippen molar-refractivity contribution in [3.05, 3.63) is 90.3 Å². The van der Waals surface area contributed by atoms with Crippen LogP contribution < -0.4 is 10.1 Å². The highest BCUT2D eigenvalue weighted by atomic mass is 16.5. The number of pyridine rings is 1. The molecule has 178 valence electrons. The third kappa shape index (κ3) is 5.07. The maximum absolute atomic E-state index is 13.6. The number of hydrogen-bond acceptors (Lipinski definition) is 6. The third-order valence-corrected chi connectivity index (χ3v) is 6.24. The summed E-state index contributed by atoms with van der Waals surface area (Å²) in [6.45, 7) is 0.437. The molecule has 2 aliphatic rings. The minimum Gasteiger partial charge on any atom is -0.457 e. The van der Waals surface area contributed by atoms with Gasteiger partial charge in [0.05, 0.1) is 6.10 Å². The maximum atomic E-state index is 13.6. The molecule has 2 aliphatic heterocycles. The number of para-hydroxylation sites is 1. The maximum Gasteiger partial charge on any atom is 0.252 e. The highest BCUT2D eigenvalue weighted by molar-refractivity contribution is 5.99. The summed E-state index contributed by atoms with van der Waals surface area (Å²) >= 11 is 0. The average Bonchev–Trinajstić information content (AvgIpc) is 3.47. The summed E-state index contributed by atoms with van der Waals surface area (Å²) in [7, 11) is 0. The van der Waals surface area contributed by atoms with Crippen LogP contribution in [0.15, 0.2) is 79.1 Å². The number of nitrogens with zero attached hydrogens (tertiary/aromatic N) is 2. The zero-order valence-electron chi connectivity index (χ0n) is 19.0. The smallest absolute Gasteiger partial charge is 0.252 e. The van der Waals surface area contributed by atoms with Crippen LogP contribution in [0.1, 0.15) is 22.3 Å². The number of hydrogen-bond donors (Lipinski definition) is 1. The van der Waals surface area contributed by atoms with E-state index >= 15 is 0 Å². The molecular formula is C27H25N3O5. The van der Waals surface area contributed by atoms with Gasteiger partial charge in [-0.25, -0.2) is 0 Å². The molecular weight excluding hydrogens is 446 g/mol. The number of carbonyl (C=O) groups excluding carboxylic acids is 3. The van der Waals surface area contributed by atoms with Crippen molar-refractivity contribution in [3.63, 3.8) is 0 Å². The van der Waals surface area contributed by atoms with E-state index in [1.165, 1.54) is 0 Å². The van der Waals surface area contributed by atoms with Gasteiger partial charge in [-0.2, -0.15) is 0 Å². The molecule has 3 unspecified atom stereocenters. The number of ketones is 1. The largest absolute Gasteiger partial charge is 0.457 e. The zero-order chi connectivity index (χ0) is 24.2. The zero-order valence-corrected chi connectivity index (χ0v) is 19.0. The van der Waals surface area contributed by atoms with Gasteiger partial charge in [-0.15, -0.1) is 0 Å². The van der Waals surface area contributed by atoms with Crippen molar-refractivity contribution < 1.29 is 23.9 Å². The highest BCUT2D eigenvalue weighted by Crippen LogP contribution is 2.28. The SMILES string of the molecule is O=C(NC(Cc1cccnc1)C(=O)N1CCC2OCC(=O)C21)c1cccc(Oc2ccccc2)c1. The normalized spacial score (nSPS) is 19.8. The van der Waals surface area contributed by atoms with E-state index in [1.807, 2.05) is 36.4 Å². The first kappa shape index (κ1) is 22.7. The lowest BCUT2D eigenvalue weighted by molar-refractivity contribution is -0.138. The Kier molecular flexibility index (Phi) is 6.54. The predicted molar refractivity (Wildman–Crippen MR) is 127 cm³/mol. The number of aromatic nitrogens is 1. The molecule has 35 heavy (non-hydrogen) atoms. The lowest BCUT2D eigenvalue weighted by atomic mass is 10.0. The van der Waals surface area contributed by atoms with Gasteiger partial charge in [0.1, 0.15) is 30.2 Å². The van der Waals surface area contributed by atoms with Gasteiger partial charge in [0.15, 0.2) is 5.78 Å². The fourth-order valence-electron chi connectivity index (χ4n) is 4.56. The molecule has 0 bridgehead atoms. The Hall–Kier alpha value is -4.04. The summed E-state index contributed by atoms with van der Waals surface area (Å²) in [5.74, 6) is 0.357. The van der Waals surface area contributed by atoms with Gasteiger partial charge in [-0.05, 0) is 48.4 Å². The molecule has 3 atom stereocenters.